The monoisotopic (exact) mass is 237 g/mol. The molecule has 17 heavy (non-hydrogen) atoms. The fourth-order valence-corrected chi connectivity index (χ4v) is 1.67. The number of carbonyl (C=O) groups is 1. The summed E-state index contributed by atoms with van der Waals surface area (Å²) in [4.78, 5) is 12.5. The van der Waals surface area contributed by atoms with E-state index in [0.717, 1.165) is 0 Å². The van der Waals surface area contributed by atoms with Gasteiger partial charge in [-0.05, 0) is 30.5 Å². The quantitative estimate of drug-likeness (QED) is 0.750. The van der Waals surface area contributed by atoms with Crippen molar-refractivity contribution in [3.05, 3.63) is 29.6 Å². The topological polar surface area (TPSA) is 20.3 Å². The summed E-state index contributed by atoms with van der Waals surface area (Å²) in [5.74, 6) is -0.354. The van der Waals surface area contributed by atoms with Gasteiger partial charge in [0.05, 0.1) is 5.69 Å². The van der Waals surface area contributed by atoms with E-state index in [9.17, 15) is 9.18 Å². The van der Waals surface area contributed by atoms with Crippen molar-refractivity contribution in [1.29, 1.82) is 0 Å². The summed E-state index contributed by atoms with van der Waals surface area (Å²) in [7, 11) is 1.87. The molecular weight excluding hydrogens is 217 g/mol. The predicted octanol–water partition coefficient (Wildman–Crippen LogP) is 3.51. The van der Waals surface area contributed by atoms with Crippen molar-refractivity contribution in [2.45, 2.75) is 33.7 Å². The lowest BCUT2D eigenvalue weighted by molar-refractivity contribution is 0.112. The van der Waals surface area contributed by atoms with Crippen LogP contribution in [-0.2, 0) is 0 Å². The molecule has 0 aliphatic heterocycles. The maximum absolute atomic E-state index is 13.8. The molecule has 0 heterocycles. The van der Waals surface area contributed by atoms with Gasteiger partial charge in [-0.15, -0.1) is 0 Å². The van der Waals surface area contributed by atoms with E-state index in [-0.39, 0.29) is 17.3 Å². The molecule has 1 atom stereocenters. The third-order valence-corrected chi connectivity index (χ3v) is 3.32. The number of aldehydes is 1. The fourth-order valence-electron chi connectivity index (χ4n) is 1.67. The lowest BCUT2D eigenvalue weighted by Crippen LogP contribution is -2.39. The average molecular weight is 237 g/mol. The highest BCUT2D eigenvalue weighted by molar-refractivity contribution is 5.76. The van der Waals surface area contributed by atoms with Crippen LogP contribution in [0.5, 0.6) is 0 Å². The van der Waals surface area contributed by atoms with Gasteiger partial charge in [-0.3, -0.25) is 4.79 Å². The van der Waals surface area contributed by atoms with Crippen LogP contribution >= 0.6 is 0 Å². The van der Waals surface area contributed by atoms with E-state index < -0.39 is 0 Å². The van der Waals surface area contributed by atoms with Gasteiger partial charge in [-0.2, -0.15) is 0 Å². The Balaban J connectivity index is 3.04. The SMILES string of the molecule is CC(N(C)c1ccc(C=O)cc1F)C(C)(C)C. The van der Waals surface area contributed by atoms with Gasteiger partial charge in [0.25, 0.3) is 0 Å². The minimum atomic E-state index is -0.354. The smallest absolute Gasteiger partial charge is 0.150 e. The van der Waals surface area contributed by atoms with Crippen molar-refractivity contribution in [3.63, 3.8) is 0 Å². The Morgan fingerprint density at radius 1 is 1.35 bits per heavy atom. The maximum Gasteiger partial charge on any atom is 0.150 e. The van der Waals surface area contributed by atoms with Gasteiger partial charge in [-0.1, -0.05) is 20.8 Å². The van der Waals surface area contributed by atoms with Crippen LogP contribution in [0.4, 0.5) is 10.1 Å². The maximum atomic E-state index is 13.8. The second kappa shape index (κ2) is 4.86. The summed E-state index contributed by atoms with van der Waals surface area (Å²) >= 11 is 0. The number of carbonyl (C=O) groups excluding carboxylic acids is 1. The molecule has 0 aliphatic carbocycles. The number of anilines is 1. The minimum absolute atomic E-state index is 0.0600. The molecule has 0 aliphatic rings. The predicted molar refractivity (Wildman–Crippen MR) is 69.1 cm³/mol. The Hall–Kier alpha value is -1.38. The van der Waals surface area contributed by atoms with Crippen LogP contribution in [0.2, 0.25) is 0 Å². The largest absolute Gasteiger partial charge is 0.369 e. The van der Waals surface area contributed by atoms with Crippen LogP contribution in [0.25, 0.3) is 0 Å². The number of rotatable bonds is 3. The van der Waals surface area contributed by atoms with Crippen LogP contribution in [0.15, 0.2) is 18.2 Å². The van der Waals surface area contributed by atoms with Gasteiger partial charge in [0.1, 0.15) is 12.1 Å². The molecule has 0 aromatic heterocycles. The fraction of sp³-hybridized carbons (Fsp3) is 0.500. The third kappa shape index (κ3) is 3.05. The van der Waals surface area contributed by atoms with Crippen molar-refractivity contribution in [3.8, 4) is 0 Å². The van der Waals surface area contributed by atoms with Crippen LogP contribution in [0.3, 0.4) is 0 Å². The Labute approximate surface area is 102 Å². The van der Waals surface area contributed by atoms with Gasteiger partial charge in [-0.25, -0.2) is 4.39 Å². The Morgan fingerprint density at radius 3 is 2.35 bits per heavy atom. The third-order valence-electron chi connectivity index (χ3n) is 3.32. The van der Waals surface area contributed by atoms with Gasteiger partial charge < -0.3 is 4.90 Å². The van der Waals surface area contributed by atoms with E-state index in [2.05, 4.69) is 27.7 Å². The summed E-state index contributed by atoms with van der Waals surface area (Å²) in [6, 6.07) is 4.76. The molecule has 1 aromatic carbocycles. The highest BCUT2D eigenvalue weighted by atomic mass is 19.1. The summed E-state index contributed by atoms with van der Waals surface area (Å²) in [5.41, 5.74) is 0.950. The number of nitrogens with zero attached hydrogens (tertiary/aromatic N) is 1. The first-order valence-electron chi connectivity index (χ1n) is 5.75. The number of benzene rings is 1. The molecule has 0 amide bonds. The second-order valence-corrected chi connectivity index (χ2v) is 5.48. The van der Waals surface area contributed by atoms with Crippen LogP contribution in [-0.4, -0.2) is 19.4 Å². The zero-order valence-corrected chi connectivity index (χ0v) is 11.1. The summed E-state index contributed by atoms with van der Waals surface area (Å²) < 4.78 is 13.8. The molecule has 1 unspecified atom stereocenters. The molecule has 0 N–H and O–H groups in total. The number of halogens is 1. The first kappa shape index (κ1) is 13.7. The molecular formula is C14H20FNO. The molecule has 0 spiro atoms. The highest BCUT2D eigenvalue weighted by Crippen LogP contribution is 2.29. The molecule has 0 fully saturated rings. The first-order chi connectivity index (χ1) is 7.77. The van der Waals surface area contributed by atoms with E-state index in [1.54, 1.807) is 12.1 Å². The Morgan fingerprint density at radius 2 is 1.94 bits per heavy atom. The van der Waals surface area contributed by atoms with Crippen LogP contribution in [0, 0.1) is 11.2 Å². The zero-order chi connectivity index (χ0) is 13.2. The number of hydrogen-bond donors (Lipinski definition) is 0. The number of hydrogen-bond acceptors (Lipinski definition) is 2. The highest BCUT2D eigenvalue weighted by Gasteiger charge is 2.25. The van der Waals surface area contributed by atoms with Crippen molar-refractivity contribution < 1.29 is 9.18 Å². The van der Waals surface area contributed by atoms with Gasteiger partial charge >= 0.3 is 0 Å². The normalized spacial score (nSPS) is 13.3. The molecule has 0 radical (unpaired) electrons. The van der Waals surface area contributed by atoms with Gasteiger partial charge in [0.2, 0.25) is 0 Å². The van der Waals surface area contributed by atoms with Gasteiger partial charge in [0, 0.05) is 18.7 Å². The van der Waals surface area contributed by atoms with E-state index in [4.69, 9.17) is 0 Å². The molecule has 0 saturated heterocycles. The average Bonchev–Trinajstić information content (AvgIpc) is 2.25. The van der Waals surface area contributed by atoms with Gasteiger partial charge in [0.15, 0.2) is 0 Å². The van der Waals surface area contributed by atoms with Crippen molar-refractivity contribution in [2.24, 2.45) is 5.41 Å². The van der Waals surface area contributed by atoms with Crippen LogP contribution < -0.4 is 4.90 Å². The van der Waals surface area contributed by atoms with E-state index >= 15 is 0 Å². The van der Waals surface area contributed by atoms with E-state index in [1.807, 2.05) is 11.9 Å². The van der Waals surface area contributed by atoms with Crippen molar-refractivity contribution in [2.75, 3.05) is 11.9 Å². The van der Waals surface area contributed by atoms with Crippen molar-refractivity contribution >= 4 is 12.0 Å². The summed E-state index contributed by atoms with van der Waals surface area (Å²) in [5, 5.41) is 0. The van der Waals surface area contributed by atoms with E-state index in [0.29, 0.717) is 17.5 Å². The molecule has 1 aromatic rings. The standard InChI is InChI=1S/C14H20FNO/c1-10(14(2,3)4)16(5)13-7-6-11(9-17)8-12(13)15/h6-10H,1-5H3. The lowest BCUT2D eigenvalue weighted by Gasteiger charge is -2.37. The molecule has 2 nitrogen and oxygen atoms in total. The van der Waals surface area contributed by atoms with Crippen molar-refractivity contribution in [1.82, 2.24) is 0 Å². The molecule has 0 saturated carbocycles. The lowest BCUT2D eigenvalue weighted by atomic mass is 9.87. The van der Waals surface area contributed by atoms with Crippen LogP contribution in [0.1, 0.15) is 38.1 Å². The van der Waals surface area contributed by atoms with E-state index in [1.165, 1.54) is 6.07 Å². The molecule has 1 rings (SSSR count). The first-order valence-corrected chi connectivity index (χ1v) is 5.75. The zero-order valence-electron chi connectivity index (χ0n) is 11.1. The Kier molecular flexibility index (Phi) is 3.91. The summed E-state index contributed by atoms with van der Waals surface area (Å²) in [6.07, 6.45) is 0.653. The summed E-state index contributed by atoms with van der Waals surface area (Å²) in [6.45, 7) is 8.41. The Bertz CT molecular complexity index is 409. The molecule has 94 valence electrons. The second-order valence-electron chi connectivity index (χ2n) is 5.48. The minimum Gasteiger partial charge on any atom is -0.369 e. The molecule has 3 heteroatoms. The molecule has 0 bridgehead atoms.